The number of amides is 1. The van der Waals surface area contributed by atoms with Crippen molar-refractivity contribution in [2.24, 2.45) is 0 Å². The van der Waals surface area contributed by atoms with Gasteiger partial charge in [0.1, 0.15) is 17.4 Å². The molecule has 0 atom stereocenters. The van der Waals surface area contributed by atoms with E-state index in [0.717, 1.165) is 18.0 Å². The van der Waals surface area contributed by atoms with Crippen LogP contribution in [-0.4, -0.2) is 47.0 Å². The number of carbonyl (C=O) groups is 1. The Labute approximate surface area is 189 Å². The fraction of sp³-hybridized carbons (Fsp3) is 0.292. The third-order valence-corrected chi connectivity index (χ3v) is 5.36. The molecule has 0 aliphatic carbocycles. The Morgan fingerprint density at radius 2 is 1.64 bits per heavy atom. The quantitative estimate of drug-likeness (QED) is 0.566. The molecule has 0 bridgehead atoms. The fourth-order valence-electron chi connectivity index (χ4n) is 3.63. The summed E-state index contributed by atoms with van der Waals surface area (Å²) in [4.78, 5) is 25.3. The summed E-state index contributed by atoms with van der Waals surface area (Å²) >= 11 is 0. The van der Waals surface area contributed by atoms with Crippen LogP contribution in [-0.2, 0) is 17.4 Å². The summed E-state index contributed by atoms with van der Waals surface area (Å²) in [5.41, 5.74) is -0.160. The van der Waals surface area contributed by atoms with Crippen molar-refractivity contribution in [3.05, 3.63) is 77.6 Å². The summed E-state index contributed by atoms with van der Waals surface area (Å²) in [7, 11) is 0. The number of ether oxygens (including phenoxy) is 1. The lowest BCUT2D eigenvalue weighted by Crippen LogP contribution is -2.49. The molecule has 1 aliphatic heterocycles. The number of rotatable bonds is 5. The molecule has 1 aliphatic rings. The van der Waals surface area contributed by atoms with E-state index in [9.17, 15) is 18.0 Å². The molecule has 1 amide bonds. The first kappa shape index (κ1) is 22.6. The van der Waals surface area contributed by atoms with Crippen molar-refractivity contribution in [3.63, 3.8) is 0 Å². The zero-order valence-corrected chi connectivity index (χ0v) is 18.0. The van der Waals surface area contributed by atoms with Crippen LogP contribution in [0.15, 0.2) is 60.7 Å². The van der Waals surface area contributed by atoms with E-state index >= 15 is 0 Å². The first-order valence-electron chi connectivity index (χ1n) is 10.6. The number of aryl methyl sites for hydroxylation is 1. The molecule has 6 nitrogen and oxygen atoms in total. The highest BCUT2D eigenvalue weighted by Crippen LogP contribution is 2.29. The third kappa shape index (κ3) is 5.79. The predicted octanol–water partition coefficient (Wildman–Crippen LogP) is 4.49. The highest BCUT2D eigenvalue weighted by atomic mass is 19.4. The van der Waals surface area contributed by atoms with E-state index in [0.29, 0.717) is 49.2 Å². The smallest absolute Gasteiger partial charge is 0.416 e. The van der Waals surface area contributed by atoms with Gasteiger partial charge in [-0.3, -0.25) is 4.79 Å². The van der Waals surface area contributed by atoms with E-state index < -0.39 is 11.7 Å². The minimum Gasteiger partial charge on any atom is -0.439 e. The molecule has 33 heavy (non-hydrogen) atoms. The highest BCUT2D eigenvalue weighted by molar-refractivity contribution is 5.79. The SMILES string of the molecule is Cc1nc(Oc2ccccc2)cc(N2CCN(C(=O)Cc3ccc(C(F)(F)F)cc3)CC2)n1. The summed E-state index contributed by atoms with van der Waals surface area (Å²) in [6.45, 7) is 3.96. The maximum atomic E-state index is 12.7. The Balaban J connectivity index is 1.35. The molecule has 1 saturated heterocycles. The van der Waals surface area contributed by atoms with E-state index in [1.54, 1.807) is 17.9 Å². The number of nitrogens with zero attached hydrogens (tertiary/aromatic N) is 4. The number of benzene rings is 2. The molecule has 2 aromatic carbocycles. The number of carbonyl (C=O) groups excluding carboxylic acids is 1. The Morgan fingerprint density at radius 3 is 2.27 bits per heavy atom. The fourth-order valence-corrected chi connectivity index (χ4v) is 3.63. The van der Waals surface area contributed by atoms with Crippen LogP contribution in [0.25, 0.3) is 0 Å². The second kappa shape index (κ2) is 9.48. The molecular formula is C24H23F3N4O2. The molecule has 0 radical (unpaired) electrons. The number of alkyl halides is 3. The molecule has 1 fully saturated rings. The van der Waals surface area contributed by atoms with Crippen LogP contribution in [0.5, 0.6) is 11.6 Å². The van der Waals surface area contributed by atoms with Crippen LogP contribution >= 0.6 is 0 Å². The molecule has 2 heterocycles. The molecule has 172 valence electrons. The molecule has 3 aromatic rings. The maximum absolute atomic E-state index is 12.7. The number of anilines is 1. The molecule has 4 rings (SSSR count). The summed E-state index contributed by atoms with van der Waals surface area (Å²) in [6.07, 6.45) is -4.32. The summed E-state index contributed by atoms with van der Waals surface area (Å²) < 4.78 is 44.0. The van der Waals surface area contributed by atoms with Crippen LogP contribution in [0, 0.1) is 6.92 Å². The summed E-state index contributed by atoms with van der Waals surface area (Å²) in [5.74, 6) is 2.33. The van der Waals surface area contributed by atoms with Crippen LogP contribution < -0.4 is 9.64 Å². The topological polar surface area (TPSA) is 58.6 Å². The van der Waals surface area contributed by atoms with Gasteiger partial charge in [0, 0.05) is 32.2 Å². The lowest BCUT2D eigenvalue weighted by molar-refractivity contribution is -0.137. The minimum absolute atomic E-state index is 0.0693. The van der Waals surface area contributed by atoms with Gasteiger partial charge >= 0.3 is 6.18 Å². The van der Waals surface area contributed by atoms with E-state index in [-0.39, 0.29) is 12.3 Å². The highest BCUT2D eigenvalue weighted by Gasteiger charge is 2.30. The molecular weight excluding hydrogens is 433 g/mol. The number of aromatic nitrogens is 2. The van der Waals surface area contributed by atoms with Crippen molar-refractivity contribution in [1.82, 2.24) is 14.9 Å². The van der Waals surface area contributed by atoms with Gasteiger partial charge in [-0.2, -0.15) is 18.2 Å². The van der Waals surface area contributed by atoms with Gasteiger partial charge in [-0.15, -0.1) is 0 Å². The Morgan fingerprint density at radius 1 is 0.970 bits per heavy atom. The standard InChI is InChI=1S/C24H23F3N4O2/c1-17-28-21(16-22(29-17)33-20-5-3-2-4-6-20)30-11-13-31(14-12-30)23(32)15-18-7-9-19(10-8-18)24(25,26)27/h2-10,16H,11-15H2,1H3. The van der Waals surface area contributed by atoms with Crippen LogP contribution in [0.1, 0.15) is 17.0 Å². The van der Waals surface area contributed by atoms with Gasteiger partial charge in [0.2, 0.25) is 11.8 Å². The Bertz CT molecular complexity index is 1100. The van der Waals surface area contributed by atoms with E-state index in [1.807, 2.05) is 30.3 Å². The molecule has 0 unspecified atom stereocenters. The molecule has 1 aromatic heterocycles. The molecule has 0 N–H and O–H groups in total. The van der Waals surface area contributed by atoms with Crippen molar-refractivity contribution < 1.29 is 22.7 Å². The largest absolute Gasteiger partial charge is 0.439 e. The zero-order chi connectivity index (χ0) is 23.4. The maximum Gasteiger partial charge on any atom is 0.416 e. The minimum atomic E-state index is -4.38. The first-order chi connectivity index (χ1) is 15.8. The average Bonchev–Trinajstić information content (AvgIpc) is 2.79. The van der Waals surface area contributed by atoms with Crippen molar-refractivity contribution in [3.8, 4) is 11.6 Å². The van der Waals surface area contributed by atoms with Crippen molar-refractivity contribution in [2.75, 3.05) is 31.1 Å². The molecule has 0 saturated carbocycles. The van der Waals surface area contributed by atoms with Crippen molar-refractivity contribution in [1.29, 1.82) is 0 Å². The normalized spacial score (nSPS) is 14.3. The monoisotopic (exact) mass is 456 g/mol. The number of hydrogen-bond acceptors (Lipinski definition) is 5. The van der Waals surface area contributed by atoms with Gasteiger partial charge < -0.3 is 14.5 Å². The second-order valence-electron chi connectivity index (χ2n) is 7.77. The Kier molecular flexibility index (Phi) is 6.48. The van der Waals surface area contributed by atoms with E-state index in [2.05, 4.69) is 14.9 Å². The van der Waals surface area contributed by atoms with Gasteiger partial charge in [0.15, 0.2) is 0 Å². The third-order valence-electron chi connectivity index (χ3n) is 5.36. The van der Waals surface area contributed by atoms with Crippen molar-refractivity contribution in [2.45, 2.75) is 19.5 Å². The Hall–Kier alpha value is -3.62. The van der Waals surface area contributed by atoms with Gasteiger partial charge in [0.25, 0.3) is 0 Å². The summed E-state index contributed by atoms with van der Waals surface area (Å²) in [6, 6.07) is 15.9. The zero-order valence-electron chi connectivity index (χ0n) is 18.0. The molecule has 9 heteroatoms. The lowest BCUT2D eigenvalue weighted by atomic mass is 10.1. The van der Waals surface area contributed by atoms with Gasteiger partial charge in [0.05, 0.1) is 12.0 Å². The van der Waals surface area contributed by atoms with Gasteiger partial charge in [-0.1, -0.05) is 30.3 Å². The number of para-hydroxylation sites is 1. The second-order valence-corrected chi connectivity index (χ2v) is 7.77. The van der Waals surface area contributed by atoms with Crippen LogP contribution in [0.2, 0.25) is 0 Å². The van der Waals surface area contributed by atoms with Crippen molar-refractivity contribution >= 4 is 11.7 Å². The first-order valence-corrected chi connectivity index (χ1v) is 10.6. The van der Waals surface area contributed by atoms with Gasteiger partial charge in [-0.05, 0) is 36.8 Å². The van der Waals surface area contributed by atoms with Gasteiger partial charge in [-0.25, -0.2) is 4.98 Å². The van der Waals surface area contributed by atoms with Crippen LogP contribution in [0.4, 0.5) is 19.0 Å². The number of piperazine rings is 1. The van der Waals surface area contributed by atoms with Crippen LogP contribution in [0.3, 0.4) is 0 Å². The summed E-state index contributed by atoms with van der Waals surface area (Å²) in [5, 5.41) is 0. The number of hydrogen-bond donors (Lipinski definition) is 0. The van der Waals surface area contributed by atoms with E-state index in [4.69, 9.17) is 4.74 Å². The predicted molar refractivity (Wildman–Crippen MR) is 117 cm³/mol. The average molecular weight is 456 g/mol. The molecule has 0 spiro atoms. The number of halogens is 3. The lowest BCUT2D eigenvalue weighted by Gasteiger charge is -2.35. The van der Waals surface area contributed by atoms with E-state index in [1.165, 1.54) is 12.1 Å².